The van der Waals surface area contributed by atoms with Crippen LogP contribution in [0.3, 0.4) is 0 Å². The van der Waals surface area contributed by atoms with Crippen molar-refractivity contribution in [3.8, 4) is 5.75 Å². The van der Waals surface area contributed by atoms with Crippen molar-refractivity contribution in [3.63, 3.8) is 0 Å². The summed E-state index contributed by atoms with van der Waals surface area (Å²) in [5.41, 5.74) is -0.611. The van der Waals surface area contributed by atoms with Gasteiger partial charge in [0.15, 0.2) is 11.4 Å². The highest BCUT2D eigenvalue weighted by Gasteiger charge is 2.30. The largest absolute Gasteiger partial charge is 0.433 e. The number of aromatic nitrogens is 7. The highest BCUT2D eigenvalue weighted by molar-refractivity contribution is 5.92. The van der Waals surface area contributed by atoms with Crippen molar-refractivity contribution >= 4 is 11.8 Å². The first-order chi connectivity index (χ1) is 20.7. The van der Waals surface area contributed by atoms with Gasteiger partial charge >= 0.3 is 12.3 Å². The second-order valence-corrected chi connectivity index (χ2v) is 9.53. The number of ether oxygens (including phenoxy) is 1. The monoisotopic (exact) mass is 625 g/mol. The quantitative estimate of drug-likeness (QED) is 0.215. The van der Waals surface area contributed by atoms with Crippen LogP contribution < -0.4 is 15.4 Å². The fraction of sp³-hybridized carbons (Fsp3) is 0.346. The van der Waals surface area contributed by atoms with E-state index in [9.17, 15) is 35.9 Å². The van der Waals surface area contributed by atoms with E-state index >= 15 is 0 Å². The van der Waals surface area contributed by atoms with E-state index in [1.165, 1.54) is 35.3 Å². The third-order valence-corrected chi connectivity index (χ3v) is 5.82. The van der Waals surface area contributed by atoms with Gasteiger partial charge in [-0.05, 0) is 29.8 Å². The van der Waals surface area contributed by atoms with Gasteiger partial charge in [-0.3, -0.25) is 19.3 Å². The number of halogens is 6. The van der Waals surface area contributed by atoms with Gasteiger partial charge in [-0.25, -0.2) is 9.07 Å². The van der Waals surface area contributed by atoms with Gasteiger partial charge in [0.05, 0.1) is 36.7 Å². The lowest BCUT2D eigenvalue weighted by atomic mass is 10.2. The van der Waals surface area contributed by atoms with Crippen LogP contribution in [0.5, 0.6) is 5.75 Å². The van der Waals surface area contributed by atoms with E-state index in [1.54, 1.807) is 6.07 Å². The molecule has 12 nitrogen and oxygen atoms in total. The maximum atomic E-state index is 14.6. The fourth-order valence-corrected chi connectivity index (χ4v) is 3.78. The summed E-state index contributed by atoms with van der Waals surface area (Å²) in [6.07, 6.45) is -5.91. The average Bonchev–Trinajstić information content (AvgIpc) is 3.63. The van der Waals surface area contributed by atoms with E-state index in [1.807, 2.05) is 0 Å². The van der Waals surface area contributed by atoms with Crippen LogP contribution in [0.1, 0.15) is 51.1 Å². The molecule has 1 unspecified atom stereocenters. The SMILES string of the molecule is CC(F)(F)Oc1cccc(CNC(=O)c2cn(CC(F)CCn3cc(C(=O)NCc4cc(C(F)(F)F)ccn4)nn3)nn2)c1. The van der Waals surface area contributed by atoms with Crippen LogP contribution in [0.2, 0.25) is 0 Å². The maximum Gasteiger partial charge on any atom is 0.416 e. The molecule has 1 atom stereocenters. The van der Waals surface area contributed by atoms with Gasteiger partial charge in [0.2, 0.25) is 0 Å². The van der Waals surface area contributed by atoms with Crippen LogP contribution in [-0.2, 0) is 32.4 Å². The molecule has 3 heterocycles. The number of pyridine rings is 1. The minimum Gasteiger partial charge on any atom is -0.433 e. The summed E-state index contributed by atoms with van der Waals surface area (Å²) in [5.74, 6) is -1.39. The van der Waals surface area contributed by atoms with Gasteiger partial charge in [-0.15, -0.1) is 10.2 Å². The van der Waals surface area contributed by atoms with Gasteiger partial charge in [-0.2, -0.15) is 22.0 Å². The first-order valence-electron chi connectivity index (χ1n) is 12.9. The van der Waals surface area contributed by atoms with E-state index in [0.29, 0.717) is 12.5 Å². The first kappa shape index (κ1) is 31.9. The van der Waals surface area contributed by atoms with Crippen LogP contribution in [0.15, 0.2) is 55.0 Å². The van der Waals surface area contributed by atoms with Crippen LogP contribution in [0, 0.1) is 0 Å². The topological polar surface area (TPSA) is 142 Å². The Labute approximate surface area is 245 Å². The van der Waals surface area contributed by atoms with Crippen molar-refractivity contribution in [3.05, 3.63) is 83.2 Å². The van der Waals surface area contributed by atoms with Gasteiger partial charge < -0.3 is 15.4 Å². The van der Waals surface area contributed by atoms with E-state index < -0.39 is 35.8 Å². The summed E-state index contributed by atoms with van der Waals surface area (Å²) < 4.78 is 86.1. The molecule has 0 spiro atoms. The molecule has 4 aromatic rings. The van der Waals surface area contributed by atoms with Crippen LogP contribution in [0.25, 0.3) is 0 Å². The molecule has 0 radical (unpaired) electrons. The summed E-state index contributed by atoms with van der Waals surface area (Å²) in [5, 5.41) is 19.9. The molecule has 18 heteroatoms. The number of alkyl halides is 6. The Kier molecular flexibility index (Phi) is 9.80. The predicted molar refractivity (Wildman–Crippen MR) is 139 cm³/mol. The zero-order valence-electron chi connectivity index (χ0n) is 22.9. The Bertz CT molecular complexity index is 1590. The summed E-state index contributed by atoms with van der Waals surface area (Å²) in [4.78, 5) is 28.5. The number of aryl methyl sites for hydroxylation is 1. The smallest absolute Gasteiger partial charge is 0.416 e. The number of rotatable bonds is 13. The lowest BCUT2D eigenvalue weighted by molar-refractivity contribution is -0.159. The highest BCUT2D eigenvalue weighted by Crippen LogP contribution is 2.29. The predicted octanol–water partition coefficient (Wildman–Crippen LogP) is 3.56. The second-order valence-electron chi connectivity index (χ2n) is 9.53. The molecule has 0 aliphatic rings. The number of hydrogen-bond acceptors (Lipinski definition) is 8. The second kappa shape index (κ2) is 13.5. The third-order valence-electron chi connectivity index (χ3n) is 5.82. The Hall–Kier alpha value is -5.03. The molecular weight excluding hydrogens is 600 g/mol. The minimum absolute atomic E-state index is 0.00317. The molecule has 0 aliphatic heterocycles. The molecule has 4 rings (SSSR count). The molecule has 2 N–H and O–H groups in total. The molecule has 0 fully saturated rings. The average molecular weight is 626 g/mol. The van der Waals surface area contributed by atoms with Crippen LogP contribution >= 0.6 is 0 Å². The molecule has 0 bridgehead atoms. The number of benzene rings is 1. The number of amides is 2. The molecule has 44 heavy (non-hydrogen) atoms. The van der Waals surface area contributed by atoms with Crippen molar-refractivity contribution < 1.29 is 40.7 Å². The molecule has 2 amide bonds. The lowest BCUT2D eigenvalue weighted by Crippen LogP contribution is -2.24. The standard InChI is InChI=1S/C26H25F6N9O3/c1-25(28,29)44-20-4-2-3-16(9-20)11-34-23(42)22-15-41(39-37-22)13-18(27)6-8-40-14-21(36-38-40)24(43)35-12-19-10-17(5-7-33-19)26(30,31)32/h2-5,7,9-10,14-15,18H,6,8,11-13H2,1H3,(H,34,42)(H,35,43). The number of hydrogen-bond donors (Lipinski definition) is 2. The number of carbonyl (C=O) groups is 2. The van der Waals surface area contributed by atoms with E-state index in [2.05, 4.69) is 41.0 Å². The summed E-state index contributed by atoms with van der Waals surface area (Å²) >= 11 is 0. The van der Waals surface area contributed by atoms with Crippen molar-refractivity contribution in [2.45, 2.75) is 58.0 Å². The van der Waals surface area contributed by atoms with E-state index in [0.717, 1.165) is 23.0 Å². The van der Waals surface area contributed by atoms with Crippen molar-refractivity contribution in [1.29, 1.82) is 0 Å². The van der Waals surface area contributed by atoms with E-state index in [-0.39, 0.29) is 55.4 Å². The molecule has 0 saturated heterocycles. The van der Waals surface area contributed by atoms with E-state index in [4.69, 9.17) is 0 Å². The maximum absolute atomic E-state index is 14.6. The summed E-state index contributed by atoms with van der Waals surface area (Å²) in [7, 11) is 0. The van der Waals surface area contributed by atoms with Gasteiger partial charge in [0.1, 0.15) is 11.9 Å². The number of nitrogens with zero attached hydrogens (tertiary/aromatic N) is 7. The Morgan fingerprint density at radius 3 is 2.27 bits per heavy atom. The fourth-order valence-electron chi connectivity index (χ4n) is 3.78. The summed E-state index contributed by atoms with van der Waals surface area (Å²) in [6.45, 7) is 0.115. The van der Waals surface area contributed by atoms with Crippen molar-refractivity contribution in [1.82, 2.24) is 45.6 Å². The number of nitrogens with one attached hydrogen (secondary N) is 2. The Morgan fingerprint density at radius 2 is 1.59 bits per heavy atom. The van der Waals surface area contributed by atoms with Crippen molar-refractivity contribution in [2.75, 3.05) is 0 Å². The molecule has 1 aromatic carbocycles. The van der Waals surface area contributed by atoms with Gasteiger partial charge in [0, 0.05) is 32.6 Å². The van der Waals surface area contributed by atoms with Gasteiger partial charge in [0.25, 0.3) is 11.8 Å². The first-order valence-corrected chi connectivity index (χ1v) is 12.9. The summed E-state index contributed by atoms with van der Waals surface area (Å²) in [6, 6.07) is 7.44. The molecule has 3 aromatic heterocycles. The third kappa shape index (κ3) is 9.50. The van der Waals surface area contributed by atoms with Crippen LogP contribution in [0.4, 0.5) is 26.3 Å². The minimum atomic E-state index is -4.55. The zero-order valence-corrected chi connectivity index (χ0v) is 22.9. The highest BCUT2D eigenvalue weighted by atomic mass is 19.4. The lowest BCUT2D eigenvalue weighted by Gasteiger charge is -2.13. The Balaban J connectivity index is 1.21. The van der Waals surface area contributed by atoms with Gasteiger partial charge in [-0.1, -0.05) is 22.6 Å². The Morgan fingerprint density at radius 1 is 0.932 bits per heavy atom. The van der Waals surface area contributed by atoms with Crippen molar-refractivity contribution in [2.24, 2.45) is 0 Å². The van der Waals surface area contributed by atoms with Crippen LogP contribution in [-0.4, -0.2) is 59.1 Å². The molecule has 234 valence electrons. The molecular formula is C26H25F6N9O3. The normalized spacial score (nSPS) is 12.5. The molecule has 0 aliphatic carbocycles. The zero-order chi connectivity index (χ0) is 31.9. The molecule has 0 saturated carbocycles. The number of carbonyl (C=O) groups excluding carboxylic acids is 2.